The van der Waals surface area contributed by atoms with Gasteiger partial charge in [-0.3, -0.25) is 0 Å². The smallest absolute Gasteiger partial charge is 0.409 e. The molecule has 0 saturated heterocycles. The summed E-state index contributed by atoms with van der Waals surface area (Å²) in [5, 5.41) is 0. The molecule has 11 heavy (non-hydrogen) atoms. The summed E-state index contributed by atoms with van der Waals surface area (Å²) >= 11 is 0. The fourth-order valence-corrected chi connectivity index (χ4v) is 1.15. The van der Waals surface area contributed by atoms with Crippen LogP contribution in [0.25, 0.3) is 0 Å². The lowest BCUT2D eigenvalue weighted by atomic mass is 9.92. The molecule has 0 bridgehead atoms. The fraction of sp³-hybridized carbons (Fsp3) is 0.875. The molecule has 0 radical (unpaired) electrons. The van der Waals surface area contributed by atoms with Gasteiger partial charge in [0.2, 0.25) is 0 Å². The third-order valence-corrected chi connectivity index (χ3v) is 2.18. The van der Waals surface area contributed by atoms with E-state index in [9.17, 15) is 4.79 Å². The predicted octanol–water partition coefficient (Wildman–Crippen LogP) is 1.63. The SMILES string of the molecule is CCOC(=O)N(C)C1CCC1. The monoisotopic (exact) mass is 157 g/mol. The van der Waals surface area contributed by atoms with Crippen molar-refractivity contribution >= 4 is 6.09 Å². The van der Waals surface area contributed by atoms with Crippen molar-refractivity contribution in [2.45, 2.75) is 32.2 Å². The molecular formula is C8H15NO2. The first kappa shape index (κ1) is 8.37. The second-order valence-electron chi connectivity index (χ2n) is 2.89. The molecule has 0 aromatic carbocycles. The summed E-state index contributed by atoms with van der Waals surface area (Å²) < 4.78 is 4.85. The van der Waals surface area contributed by atoms with Crippen molar-refractivity contribution in [3.05, 3.63) is 0 Å². The maximum atomic E-state index is 11.1. The van der Waals surface area contributed by atoms with Gasteiger partial charge >= 0.3 is 6.09 Å². The van der Waals surface area contributed by atoms with E-state index in [1.165, 1.54) is 6.42 Å². The van der Waals surface area contributed by atoms with Gasteiger partial charge in [-0.25, -0.2) is 4.79 Å². The highest BCUT2D eigenvalue weighted by atomic mass is 16.6. The lowest BCUT2D eigenvalue weighted by Crippen LogP contribution is -2.41. The van der Waals surface area contributed by atoms with E-state index in [-0.39, 0.29) is 6.09 Å². The largest absolute Gasteiger partial charge is 0.450 e. The molecule has 1 amide bonds. The summed E-state index contributed by atoms with van der Waals surface area (Å²) in [5.74, 6) is 0. The molecule has 1 aliphatic carbocycles. The van der Waals surface area contributed by atoms with Crippen molar-refractivity contribution in [2.75, 3.05) is 13.7 Å². The standard InChI is InChI=1S/C8H15NO2/c1-3-11-8(10)9(2)7-5-4-6-7/h7H,3-6H2,1-2H3. The number of hydrogen-bond donors (Lipinski definition) is 0. The zero-order valence-corrected chi connectivity index (χ0v) is 7.17. The Kier molecular flexibility index (Phi) is 2.74. The maximum absolute atomic E-state index is 11.1. The van der Waals surface area contributed by atoms with Gasteiger partial charge in [0.15, 0.2) is 0 Å². The average Bonchev–Trinajstić information content (AvgIpc) is 1.84. The molecule has 0 aromatic heterocycles. The molecule has 0 aromatic rings. The Hall–Kier alpha value is -0.730. The van der Waals surface area contributed by atoms with Crippen LogP contribution in [0.1, 0.15) is 26.2 Å². The maximum Gasteiger partial charge on any atom is 0.409 e. The second-order valence-corrected chi connectivity index (χ2v) is 2.89. The Labute approximate surface area is 67.3 Å². The minimum Gasteiger partial charge on any atom is -0.450 e. The topological polar surface area (TPSA) is 29.5 Å². The minimum absolute atomic E-state index is 0.183. The van der Waals surface area contributed by atoms with Crippen molar-refractivity contribution in [2.24, 2.45) is 0 Å². The second kappa shape index (κ2) is 3.60. The first-order chi connectivity index (χ1) is 5.25. The summed E-state index contributed by atoms with van der Waals surface area (Å²) in [7, 11) is 1.81. The van der Waals surface area contributed by atoms with Gasteiger partial charge in [0, 0.05) is 13.1 Å². The number of ether oxygens (including phenoxy) is 1. The van der Waals surface area contributed by atoms with E-state index in [0.29, 0.717) is 12.6 Å². The minimum atomic E-state index is -0.183. The highest BCUT2D eigenvalue weighted by Crippen LogP contribution is 2.23. The van der Waals surface area contributed by atoms with Gasteiger partial charge in [0.25, 0.3) is 0 Å². The number of hydrogen-bond acceptors (Lipinski definition) is 2. The first-order valence-corrected chi connectivity index (χ1v) is 4.15. The number of rotatable bonds is 2. The number of carbonyl (C=O) groups is 1. The van der Waals surface area contributed by atoms with E-state index in [4.69, 9.17) is 4.74 Å². The van der Waals surface area contributed by atoms with Crippen molar-refractivity contribution < 1.29 is 9.53 Å². The first-order valence-electron chi connectivity index (χ1n) is 4.15. The number of nitrogens with zero attached hydrogens (tertiary/aromatic N) is 1. The summed E-state index contributed by atoms with van der Waals surface area (Å²) in [6.45, 7) is 2.29. The number of carbonyl (C=O) groups excluding carboxylic acids is 1. The summed E-state index contributed by atoms with van der Waals surface area (Å²) in [6.07, 6.45) is 3.33. The zero-order valence-electron chi connectivity index (χ0n) is 7.17. The average molecular weight is 157 g/mol. The van der Waals surface area contributed by atoms with Crippen LogP contribution in [-0.2, 0) is 4.74 Å². The van der Waals surface area contributed by atoms with Crippen LogP contribution >= 0.6 is 0 Å². The van der Waals surface area contributed by atoms with Crippen LogP contribution in [0.4, 0.5) is 4.79 Å². The molecule has 64 valence electrons. The van der Waals surface area contributed by atoms with Gasteiger partial charge in [-0.2, -0.15) is 0 Å². The summed E-state index contributed by atoms with van der Waals surface area (Å²) in [5.41, 5.74) is 0. The molecule has 0 aliphatic heterocycles. The van der Waals surface area contributed by atoms with E-state index in [1.807, 2.05) is 14.0 Å². The Morgan fingerprint density at radius 2 is 2.27 bits per heavy atom. The molecule has 0 unspecified atom stereocenters. The molecular weight excluding hydrogens is 142 g/mol. The molecule has 3 nitrogen and oxygen atoms in total. The van der Waals surface area contributed by atoms with Gasteiger partial charge in [-0.15, -0.1) is 0 Å². The summed E-state index contributed by atoms with van der Waals surface area (Å²) in [4.78, 5) is 12.8. The molecule has 1 saturated carbocycles. The Morgan fingerprint density at radius 1 is 1.64 bits per heavy atom. The van der Waals surface area contributed by atoms with Crippen LogP contribution in [0.15, 0.2) is 0 Å². The van der Waals surface area contributed by atoms with Crippen molar-refractivity contribution in [1.82, 2.24) is 4.90 Å². The van der Waals surface area contributed by atoms with Crippen molar-refractivity contribution in [3.63, 3.8) is 0 Å². The molecule has 1 fully saturated rings. The molecule has 1 aliphatic rings. The normalized spacial score (nSPS) is 17.3. The molecule has 3 heteroatoms. The van der Waals surface area contributed by atoms with E-state index in [0.717, 1.165) is 12.8 Å². The van der Waals surface area contributed by atoms with Gasteiger partial charge in [0.05, 0.1) is 6.61 Å². The van der Waals surface area contributed by atoms with Crippen LogP contribution in [-0.4, -0.2) is 30.7 Å². The highest BCUT2D eigenvalue weighted by Gasteiger charge is 2.25. The van der Waals surface area contributed by atoms with E-state index >= 15 is 0 Å². The zero-order chi connectivity index (χ0) is 8.27. The Morgan fingerprint density at radius 3 is 2.64 bits per heavy atom. The van der Waals surface area contributed by atoms with Crippen molar-refractivity contribution in [3.8, 4) is 0 Å². The molecule has 0 spiro atoms. The van der Waals surface area contributed by atoms with Gasteiger partial charge in [0.1, 0.15) is 0 Å². The predicted molar refractivity (Wildman–Crippen MR) is 42.4 cm³/mol. The Bertz CT molecular complexity index is 143. The van der Waals surface area contributed by atoms with E-state index in [2.05, 4.69) is 0 Å². The quantitative estimate of drug-likeness (QED) is 0.609. The van der Waals surface area contributed by atoms with Crippen LogP contribution in [0.2, 0.25) is 0 Å². The van der Waals surface area contributed by atoms with Crippen LogP contribution in [0.3, 0.4) is 0 Å². The lowest BCUT2D eigenvalue weighted by molar-refractivity contribution is 0.0839. The van der Waals surface area contributed by atoms with Crippen LogP contribution in [0, 0.1) is 0 Å². The van der Waals surface area contributed by atoms with Gasteiger partial charge in [-0.1, -0.05) is 0 Å². The van der Waals surface area contributed by atoms with Gasteiger partial charge in [-0.05, 0) is 26.2 Å². The molecule has 0 atom stereocenters. The summed E-state index contributed by atoms with van der Waals surface area (Å²) in [6, 6.07) is 0.439. The van der Waals surface area contributed by atoms with Crippen LogP contribution < -0.4 is 0 Å². The molecule has 0 N–H and O–H groups in total. The Balaban J connectivity index is 2.27. The van der Waals surface area contributed by atoms with Gasteiger partial charge < -0.3 is 9.64 Å². The molecule has 0 heterocycles. The van der Waals surface area contributed by atoms with E-state index in [1.54, 1.807) is 4.90 Å². The fourth-order valence-electron chi connectivity index (χ4n) is 1.15. The molecule has 1 rings (SSSR count). The van der Waals surface area contributed by atoms with E-state index < -0.39 is 0 Å². The van der Waals surface area contributed by atoms with Crippen LogP contribution in [0.5, 0.6) is 0 Å². The highest BCUT2D eigenvalue weighted by molar-refractivity contribution is 5.67. The third kappa shape index (κ3) is 1.85. The van der Waals surface area contributed by atoms with Crippen molar-refractivity contribution in [1.29, 1.82) is 0 Å². The lowest BCUT2D eigenvalue weighted by Gasteiger charge is -2.33. The number of amides is 1. The third-order valence-electron chi connectivity index (χ3n) is 2.18.